The molecule has 84 valence electrons. The van der Waals surface area contributed by atoms with E-state index < -0.39 is 5.60 Å². The lowest BCUT2D eigenvalue weighted by Crippen LogP contribution is -2.46. The normalized spacial score (nSPS) is 39.4. The second-order valence-corrected chi connectivity index (χ2v) is 5.61. The summed E-state index contributed by atoms with van der Waals surface area (Å²) in [5.74, 6) is 0.978. The summed E-state index contributed by atoms with van der Waals surface area (Å²) in [6, 6.07) is 0. The molecule has 0 aliphatic carbocycles. The highest BCUT2D eigenvalue weighted by atomic mass is 16.5. The number of ether oxygens (including phenoxy) is 1. The monoisotopic (exact) mass is 200 g/mol. The summed E-state index contributed by atoms with van der Waals surface area (Å²) in [4.78, 5) is 0. The lowest BCUT2D eigenvalue weighted by Gasteiger charge is -2.42. The Labute approximate surface area is 87.7 Å². The van der Waals surface area contributed by atoms with Gasteiger partial charge in [-0.1, -0.05) is 27.7 Å². The van der Waals surface area contributed by atoms with Crippen LogP contribution in [0.1, 0.15) is 47.5 Å². The number of rotatable bonds is 2. The van der Waals surface area contributed by atoms with Crippen LogP contribution in [0.25, 0.3) is 0 Å². The van der Waals surface area contributed by atoms with Crippen molar-refractivity contribution in [2.45, 2.75) is 65.3 Å². The maximum absolute atomic E-state index is 10.1. The van der Waals surface area contributed by atoms with Crippen LogP contribution in [-0.4, -0.2) is 22.9 Å². The zero-order chi connectivity index (χ0) is 10.9. The summed E-state index contributed by atoms with van der Waals surface area (Å²) in [5, 5.41) is 10.1. The van der Waals surface area contributed by atoms with Gasteiger partial charge >= 0.3 is 0 Å². The first-order valence-electron chi connectivity index (χ1n) is 5.69. The van der Waals surface area contributed by atoms with E-state index in [1.807, 2.05) is 6.92 Å². The molecule has 0 aromatic heterocycles. The van der Waals surface area contributed by atoms with Crippen LogP contribution in [0, 0.1) is 11.8 Å². The summed E-state index contributed by atoms with van der Waals surface area (Å²) in [6.07, 6.45) is 1.97. The molecule has 1 aliphatic rings. The number of aliphatic hydroxyl groups is 1. The van der Waals surface area contributed by atoms with Crippen LogP contribution in [0.4, 0.5) is 0 Å². The predicted octanol–water partition coefficient (Wildman–Crippen LogP) is 2.60. The molecule has 0 bridgehead atoms. The van der Waals surface area contributed by atoms with Crippen molar-refractivity contribution < 1.29 is 9.84 Å². The Kier molecular flexibility index (Phi) is 3.59. The standard InChI is InChI=1S/C12H24O2/c1-8(2)10-6-12(5,13)7-11(14-10)9(3)4/h8-11,13H,6-7H2,1-5H3/t10-,11+,12?. The summed E-state index contributed by atoms with van der Waals surface area (Å²) < 4.78 is 5.98. The first-order valence-corrected chi connectivity index (χ1v) is 5.69. The van der Waals surface area contributed by atoms with Crippen LogP contribution in [0.5, 0.6) is 0 Å². The number of hydrogen-bond donors (Lipinski definition) is 1. The Hall–Kier alpha value is -0.0800. The largest absolute Gasteiger partial charge is 0.390 e. The van der Waals surface area contributed by atoms with Crippen molar-refractivity contribution in [1.29, 1.82) is 0 Å². The van der Waals surface area contributed by atoms with Gasteiger partial charge in [-0.15, -0.1) is 0 Å². The lowest BCUT2D eigenvalue weighted by molar-refractivity contribution is -0.161. The average Bonchev–Trinajstić information content (AvgIpc) is 2.01. The molecule has 14 heavy (non-hydrogen) atoms. The van der Waals surface area contributed by atoms with Crippen molar-refractivity contribution in [1.82, 2.24) is 0 Å². The summed E-state index contributed by atoms with van der Waals surface area (Å²) in [6.45, 7) is 10.6. The minimum Gasteiger partial charge on any atom is -0.390 e. The van der Waals surface area contributed by atoms with Gasteiger partial charge in [-0.25, -0.2) is 0 Å². The van der Waals surface area contributed by atoms with Gasteiger partial charge in [0.25, 0.3) is 0 Å². The zero-order valence-corrected chi connectivity index (χ0v) is 10.1. The molecule has 2 heteroatoms. The van der Waals surface area contributed by atoms with Gasteiger partial charge in [0.15, 0.2) is 0 Å². The van der Waals surface area contributed by atoms with E-state index >= 15 is 0 Å². The smallest absolute Gasteiger partial charge is 0.0669 e. The van der Waals surface area contributed by atoms with Crippen molar-refractivity contribution in [3.63, 3.8) is 0 Å². The Morgan fingerprint density at radius 2 is 1.43 bits per heavy atom. The quantitative estimate of drug-likeness (QED) is 0.742. The third-order valence-corrected chi connectivity index (χ3v) is 3.12. The molecule has 1 aliphatic heterocycles. The van der Waals surface area contributed by atoms with Crippen molar-refractivity contribution in [2.24, 2.45) is 11.8 Å². The van der Waals surface area contributed by atoms with E-state index in [4.69, 9.17) is 4.74 Å². The van der Waals surface area contributed by atoms with Gasteiger partial charge in [0.05, 0.1) is 17.8 Å². The first-order chi connectivity index (χ1) is 6.32. The zero-order valence-electron chi connectivity index (χ0n) is 10.1. The molecule has 0 spiro atoms. The summed E-state index contributed by atoms with van der Waals surface area (Å²) >= 11 is 0. The second kappa shape index (κ2) is 4.19. The molecular formula is C12H24O2. The summed E-state index contributed by atoms with van der Waals surface area (Å²) in [5.41, 5.74) is -0.540. The van der Waals surface area contributed by atoms with Gasteiger partial charge in [-0.3, -0.25) is 0 Å². The Bertz CT molecular complexity index is 167. The van der Waals surface area contributed by atoms with Crippen LogP contribution in [0.2, 0.25) is 0 Å². The fourth-order valence-corrected chi connectivity index (χ4v) is 2.06. The Morgan fingerprint density at radius 1 is 1.07 bits per heavy atom. The van der Waals surface area contributed by atoms with Gasteiger partial charge in [-0.05, 0) is 18.8 Å². The van der Waals surface area contributed by atoms with Gasteiger partial charge in [0.1, 0.15) is 0 Å². The highest BCUT2D eigenvalue weighted by molar-refractivity contribution is 4.88. The Balaban J connectivity index is 2.67. The molecule has 1 rings (SSSR count). The van der Waals surface area contributed by atoms with E-state index in [9.17, 15) is 5.11 Å². The van der Waals surface area contributed by atoms with E-state index in [0.717, 1.165) is 12.8 Å². The highest BCUT2D eigenvalue weighted by Gasteiger charge is 2.38. The SMILES string of the molecule is CC(C)[C@@H]1CC(C)(O)C[C@H](C(C)C)O1. The van der Waals surface area contributed by atoms with Crippen LogP contribution < -0.4 is 0 Å². The van der Waals surface area contributed by atoms with Crippen molar-refractivity contribution >= 4 is 0 Å². The maximum Gasteiger partial charge on any atom is 0.0669 e. The van der Waals surface area contributed by atoms with Crippen molar-refractivity contribution in [2.75, 3.05) is 0 Å². The van der Waals surface area contributed by atoms with Gasteiger partial charge in [0, 0.05) is 12.8 Å². The third-order valence-electron chi connectivity index (χ3n) is 3.12. The van der Waals surface area contributed by atoms with Gasteiger partial charge in [-0.2, -0.15) is 0 Å². The molecule has 0 aromatic carbocycles. The Morgan fingerprint density at radius 3 is 1.71 bits per heavy atom. The fourth-order valence-electron chi connectivity index (χ4n) is 2.06. The third kappa shape index (κ3) is 2.96. The minimum absolute atomic E-state index is 0.214. The molecule has 1 N–H and O–H groups in total. The average molecular weight is 200 g/mol. The molecule has 0 aromatic rings. The van der Waals surface area contributed by atoms with Crippen LogP contribution >= 0.6 is 0 Å². The fraction of sp³-hybridized carbons (Fsp3) is 1.00. The van der Waals surface area contributed by atoms with Gasteiger partial charge < -0.3 is 9.84 Å². The van der Waals surface area contributed by atoms with Crippen LogP contribution in [-0.2, 0) is 4.74 Å². The van der Waals surface area contributed by atoms with E-state index in [1.165, 1.54) is 0 Å². The molecule has 1 fully saturated rings. The summed E-state index contributed by atoms with van der Waals surface area (Å²) in [7, 11) is 0. The van der Waals surface area contributed by atoms with Crippen molar-refractivity contribution in [3.8, 4) is 0 Å². The topological polar surface area (TPSA) is 29.5 Å². The predicted molar refractivity (Wildman–Crippen MR) is 58.2 cm³/mol. The van der Waals surface area contributed by atoms with Crippen molar-refractivity contribution in [3.05, 3.63) is 0 Å². The maximum atomic E-state index is 10.1. The van der Waals surface area contributed by atoms with E-state index in [0.29, 0.717) is 11.8 Å². The first kappa shape index (κ1) is 12.0. The number of hydrogen-bond acceptors (Lipinski definition) is 2. The molecule has 1 saturated heterocycles. The minimum atomic E-state index is -0.540. The van der Waals surface area contributed by atoms with Crippen LogP contribution in [0.3, 0.4) is 0 Å². The molecular weight excluding hydrogens is 176 g/mol. The molecule has 0 saturated carbocycles. The van der Waals surface area contributed by atoms with Crippen LogP contribution in [0.15, 0.2) is 0 Å². The molecule has 0 amide bonds. The highest BCUT2D eigenvalue weighted by Crippen LogP contribution is 2.34. The molecule has 2 nitrogen and oxygen atoms in total. The van der Waals surface area contributed by atoms with E-state index in [1.54, 1.807) is 0 Å². The second-order valence-electron chi connectivity index (χ2n) is 5.61. The molecule has 1 heterocycles. The van der Waals surface area contributed by atoms with Gasteiger partial charge in [0.2, 0.25) is 0 Å². The lowest BCUT2D eigenvalue weighted by atomic mass is 9.82. The molecule has 3 atom stereocenters. The molecule has 0 radical (unpaired) electrons. The molecule has 1 unspecified atom stereocenters. The van der Waals surface area contributed by atoms with E-state index in [-0.39, 0.29) is 12.2 Å². The van der Waals surface area contributed by atoms with E-state index in [2.05, 4.69) is 27.7 Å².